The number of hydrogen-bond donors (Lipinski definition) is 1. The summed E-state index contributed by atoms with van der Waals surface area (Å²) in [6.07, 6.45) is 0. The van der Waals surface area contributed by atoms with Gasteiger partial charge in [0.05, 0.1) is 4.90 Å². The second-order valence-corrected chi connectivity index (χ2v) is 8.28. The first kappa shape index (κ1) is 14.9. The van der Waals surface area contributed by atoms with Crippen molar-refractivity contribution in [3.05, 3.63) is 15.8 Å². The standard InChI is InChI=1S/C12H21N3O2S2/c1-9-8-15(5-4-14(9)3)19(16,17)12-6-11(7-13)18-10(12)2/h6,9H,4-5,7-8,13H2,1-3H3. The van der Waals surface area contributed by atoms with Crippen molar-refractivity contribution in [2.75, 3.05) is 26.7 Å². The number of thiophene rings is 1. The van der Waals surface area contributed by atoms with Gasteiger partial charge in [0.1, 0.15) is 0 Å². The van der Waals surface area contributed by atoms with Crippen LogP contribution in [0.3, 0.4) is 0 Å². The number of likely N-dealkylation sites (N-methyl/N-ethyl adjacent to an activating group) is 1. The summed E-state index contributed by atoms with van der Waals surface area (Å²) in [7, 11) is -1.35. The van der Waals surface area contributed by atoms with Crippen molar-refractivity contribution in [1.82, 2.24) is 9.21 Å². The molecule has 1 aliphatic rings. The van der Waals surface area contributed by atoms with Gasteiger partial charge >= 0.3 is 0 Å². The van der Waals surface area contributed by atoms with Crippen molar-refractivity contribution < 1.29 is 8.42 Å². The first-order valence-electron chi connectivity index (χ1n) is 6.36. The molecule has 1 saturated heterocycles. The zero-order valence-corrected chi connectivity index (χ0v) is 13.2. The third kappa shape index (κ3) is 2.85. The summed E-state index contributed by atoms with van der Waals surface area (Å²) in [6, 6.07) is 1.97. The number of nitrogens with zero attached hydrogens (tertiary/aromatic N) is 2. The molecule has 2 N–H and O–H groups in total. The number of hydrogen-bond acceptors (Lipinski definition) is 5. The molecule has 108 valence electrons. The molecule has 2 rings (SSSR count). The molecule has 1 aliphatic heterocycles. The van der Waals surface area contributed by atoms with Crippen LogP contribution in [0.1, 0.15) is 16.7 Å². The molecule has 1 aromatic heterocycles. The first-order valence-corrected chi connectivity index (χ1v) is 8.61. The Labute approximate surface area is 119 Å². The molecule has 0 radical (unpaired) electrons. The van der Waals surface area contributed by atoms with Gasteiger partial charge in [-0.15, -0.1) is 11.3 Å². The average Bonchev–Trinajstić information content (AvgIpc) is 2.74. The number of piperazine rings is 1. The second-order valence-electron chi connectivity index (χ2n) is 5.03. The lowest BCUT2D eigenvalue weighted by atomic mass is 10.2. The fourth-order valence-corrected chi connectivity index (χ4v) is 5.25. The Hall–Kier alpha value is -0.470. The quantitative estimate of drug-likeness (QED) is 0.898. The first-order chi connectivity index (χ1) is 8.86. The van der Waals surface area contributed by atoms with Crippen LogP contribution < -0.4 is 5.73 Å². The van der Waals surface area contributed by atoms with Crippen LogP contribution >= 0.6 is 11.3 Å². The molecule has 0 spiro atoms. The van der Waals surface area contributed by atoms with Gasteiger partial charge in [0.15, 0.2) is 0 Å². The zero-order valence-electron chi connectivity index (χ0n) is 11.6. The van der Waals surface area contributed by atoms with E-state index >= 15 is 0 Å². The summed E-state index contributed by atoms with van der Waals surface area (Å²) >= 11 is 1.47. The smallest absolute Gasteiger partial charge is 0.244 e. The van der Waals surface area contributed by atoms with Gasteiger partial charge in [0, 0.05) is 42.0 Å². The zero-order chi connectivity index (χ0) is 14.2. The van der Waals surface area contributed by atoms with Crippen LogP contribution in [0.2, 0.25) is 0 Å². The molecular formula is C12H21N3O2S2. The lowest BCUT2D eigenvalue weighted by Gasteiger charge is -2.36. The van der Waals surface area contributed by atoms with Gasteiger partial charge in [0.2, 0.25) is 10.0 Å². The largest absolute Gasteiger partial charge is 0.326 e. The van der Waals surface area contributed by atoms with Crippen LogP contribution in [0.5, 0.6) is 0 Å². The highest BCUT2D eigenvalue weighted by Gasteiger charge is 2.32. The monoisotopic (exact) mass is 303 g/mol. The van der Waals surface area contributed by atoms with E-state index in [2.05, 4.69) is 4.90 Å². The number of nitrogens with two attached hydrogens (primary N) is 1. The number of sulfonamides is 1. The molecule has 0 bridgehead atoms. The highest BCUT2D eigenvalue weighted by atomic mass is 32.2. The summed E-state index contributed by atoms with van der Waals surface area (Å²) in [4.78, 5) is 4.35. The van der Waals surface area contributed by atoms with Gasteiger partial charge in [-0.25, -0.2) is 8.42 Å². The minimum absolute atomic E-state index is 0.247. The highest BCUT2D eigenvalue weighted by molar-refractivity contribution is 7.89. The van der Waals surface area contributed by atoms with Crippen molar-refractivity contribution in [3.8, 4) is 0 Å². The van der Waals surface area contributed by atoms with Crippen molar-refractivity contribution in [3.63, 3.8) is 0 Å². The van der Waals surface area contributed by atoms with Gasteiger partial charge in [0.25, 0.3) is 0 Å². The average molecular weight is 303 g/mol. The van der Waals surface area contributed by atoms with E-state index in [1.54, 1.807) is 10.4 Å². The lowest BCUT2D eigenvalue weighted by molar-refractivity contribution is 0.159. The maximum Gasteiger partial charge on any atom is 0.244 e. The predicted octanol–water partition coefficient (Wildman–Crippen LogP) is 0.840. The molecule has 1 aromatic rings. The van der Waals surface area contributed by atoms with Crippen LogP contribution in [0, 0.1) is 6.92 Å². The third-order valence-electron chi connectivity index (χ3n) is 3.66. The minimum atomic E-state index is -3.38. The fraction of sp³-hybridized carbons (Fsp3) is 0.667. The number of rotatable bonds is 3. The van der Waals surface area contributed by atoms with E-state index in [1.165, 1.54) is 11.3 Å². The van der Waals surface area contributed by atoms with E-state index in [1.807, 2.05) is 20.9 Å². The van der Waals surface area contributed by atoms with Gasteiger partial charge in [-0.1, -0.05) is 0 Å². The van der Waals surface area contributed by atoms with E-state index in [0.717, 1.165) is 16.3 Å². The maximum atomic E-state index is 12.7. The molecule has 0 amide bonds. The summed E-state index contributed by atoms with van der Waals surface area (Å²) in [5.74, 6) is 0. The van der Waals surface area contributed by atoms with Gasteiger partial charge in [-0.05, 0) is 27.0 Å². The Kier molecular flexibility index (Phi) is 4.32. The Bertz CT molecular complexity index is 553. The number of aryl methyl sites for hydroxylation is 1. The van der Waals surface area contributed by atoms with Crippen LogP contribution in [0.4, 0.5) is 0 Å². The molecule has 0 saturated carbocycles. The molecule has 1 atom stereocenters. The Balaban J connectivity index is 2.29. The van der Waals surface area contributed by atoms with Crippen LogP contribution in [0.15, 0.2) is 11.0 Å². The highest BCUT2D eigenvalue weighted by Crippen LogP contribution is 2.29. The van der Waals surface area contributed by atoms with Crippen molar-refractivity contribution in [2.24, 2.45) is 5.73 Å². The minimum Gasteiger partial charge on any atom is -0.326 e. The molecule has 1 fully saturated rings. The SMILES string of the molecule is Cc1sc(CN)cc1S(=O)(=O)N1CCN(C)C(C)C1. The maximum absolute atomic E-state index is 12.7. The third-order valence-corrected chi connectivity index (χ3v) is 6.86. The molecular weight excluding hydrogens is 282 g/mol. The topological polar surface area (TPSA) is 66.6 Å². The molecule has 1 unspecified atom stereocenters. The van der Waals surface area contributed by atoms with Crippen LogP contribution in [-0.2, 0) is 16.6 Å². The van der Waals surface area contributed by atoms with E-state index in [0.29, 0.717) is 24.5 Å². The summed E-state index contributed by atoms with van der Waals surface area (Å²) in [5, 5.41) is 0. The van der Waals surface area contributed by atoms with E-state index in [4.69, 9.17) is 5.73 Å². The van der Waals surface area contributed by atoms with Crippen molar-refractivity contribution in [2.45, 2.75) is 31.3 Å². The summed E-state index contributed by atoms with van der Waals surface area (Å²) in [5.41, 5.74) is 5.59. The van der Waals surface area contributed by atoms with E-state index < -0.39 is 10.0 Å². The second kappa shape index (κ2) is 5.49. The Morgan fingerprint density at radius 1 is 1.47 bits per heavy atom. The van der Waals surface area contributed by atoms with Gasteiger partial charge in [-0.3, -0.25) is 0 Å². The van der Waals surface area contributed by atoms with Gasteiger partial charge in [-0.2, -0.15) is 4.31 Å². The van der Waals surface area contributed by atoms with Crippen LogP contribution in [0.25, 0.3) is 0 Å². The molecule has 2 heterocycles. The van der Waals surface area contributed by atoms with E-state index in [9.17, 15) is 8.42 Å². The van der Waals surface area contributed by atoms with Crippen molar-refractivity contribution >= 4 is 21.4 Å². The molecule has 0 aromatic carbocycles. The molecule has 19 heavy (non-hydrogen) atoms. The van der Waals surface area contributed by atoms with Gasteiger partial charge < -0.3 is 10.6 Å². The fourth-order valence-electron chi connectivity index (χ4n) is 2.25. The molecule has 5 nitrogen and oxygen atoms in total. The molecule has 7 heteroatoms. The summed E-state index contributed by atoms with van der Waals surface area (Å²) in [6.45, 7) is 6.15. The summed E-state index contributed by atoms with van der Waals surface area (Å²) < 4.78 is 26.9. The normalized spacial score (nSPS) is 22.8. The predicted molar refractivity (Wildman–Crippen MR) is 77.8 cm³/mol. The Morgan fingerprint density at radius 3 is 2.68 bits per heavy atom. The van der Waals surface area contributed by atoms with Crippen LogP contribution in [-0.4, -0.2) is 50.3 Å². The molecule has 0 aliphatic carbocycles. The van der Waals surface area contributed by atoms with E-state index in [-0.39, 0.29) is 6.04 Å². The lowest BCUT2D eigenvalue weighted by Crippen LogP contribution is -2.51. The van der Waals surface area contributed by atoms with Crippen molar-refractivity contribution in [1.29, 1.82) is 0 Å². The Morgan fingerprint density at radius 2 is 2.16 bits per heavy atom.